The molecule has 1 saturated carbocycles. The molecule has 1 aliphatic carbocycles. The van der Waals surface area contributed by atoms with Gasteiger partial charge in [0.1, 0.15) is 0 Å². The standard InChI is InChI=1S/C23H27N3O5/c1-15(27)16-5-12-20(21(14-16)30-2)31-13-3-4-22(28)24-17-6-8-18(9-7-17)25-23(29)26-19-10-11-19/h5-9,12,14,19H,3-4,10-11,13H2,1-2H3,(H,24,28)(H2,25,26,29). The molecule has 2 aromatic carbocycles. The van der Waals surface area contributed by atoms with Crippen LogP contribution in [0.4, 0.5) is 16.2 Å². The summed E-state index contributed by atoms with van der Waals surface area (Å²) in [6.45, 7) is 1.83. The van der Waals surface area contributed by atoms with E-state index in [9.17, 15) is 14.4 Å². The number of methoxy groups -OCH3 is 1. The van der Waals surface area contributed by atoms with Crippen LogP contribution in [0.25, 0.3) is 0 Å². The maximum Gasteiger partial charge on any atom is 0.319 e. The van der Waals surface area contributed by atoms with Crippen molar-refractivity contribution >= 4 is 29.1 Å². The first kappa shape index (κ1) is 22.1. The lowest BCUT2D eigenvalue weighted by Crippen LogP contribution is -2.30. The summed E-state index contributed by atoms with van der Waals surface area (Å²) in [5.41, 5.74) is 1.86. The van der Waals surface area contributed by atoms with E-state index in [1.54, 1.807) is 42.5 Å². The zero-order chi connectivity index (χ0) is 22.2. The Morgan fingerprint density at radius 2 is 1.65 bits per heavy atom. The average Bonchev–Trinajstić information content (AvgIpc) is 3.56. The maximum absolute atomic E-state index is 12.1. The molecule has 3 amide bonds. The molecule has 8 heteroatoms. The number of urea groups is 1. The zero-order valence-corrected chi connectivity index (χ0v) is 17.7. The van der Waals surface area contributed by atoms with E-state index in [-0.39, 0.29) is 24.1 Å². The van der Waals surface area contributed by atoms with E-state index in [1.807, 2.05) is 0 Å². The molecule has 8 nitrogen and oxygen atoms in total. The number of nitrogens with one attached hydrogen (secondary N) is 3. The van der Waals surface area contributed by atoms with Crippen molar-refractivity contribution in [1.29, 1.82) is 0 Å². The molecule has 0 atom stereocenters. The highest BCUT2D eigenvalue weighted by atomic mass is 16.5. The molecule has 1 fully saturated rings. The van der Waals surface area contributed by atoms with Crippen LogP contribution in [0.15, 0.2) is 42.5 Å². The van der Waals surface area contributed by atoms with Gasteiger partial charge in [-0.05, 0) is 68.7 Å². The number of ether oxygens (including phenoxy) is 2. The Balaban J connectivity index is 1.39. The monoisotopic (exact) mass is 425 g/mol. The van der Waals surface area contributed by atoms with E-state index in [4.69, 9.17) is 9.47 Å². The third-order valence-electron chi connectivity index (χ3n) is 4.71. The summed E-state index contributed by atoms with van der Waals surface area (Å²) in [6, 6.07) is 12.0. The summed E-state index contributed by atoms with van der Waals surface area (Å²) >= 11 is 0. The number of benzene rings is 2. The van der Waals surface area contributed by atoms with Crippen molar-refractivity contribution in [2.75, 3.05) is 24.4 Å². The largest absolute Gasteiger partial charge is 0.493 e. The van der Waals surface area contributed by atoms with Crippen molar-refractivity contribution in [1.82, 2.24) is 5.32 Å². The number of amides is 3. The third kappa shape index (κ3) is 7.02. The Kier molecular flexibility index (Phi) is 7.48. The molecule has 0 aromatic heterocycles. The van der Waals surface area contributed by atoms with Crippen molar-refractivity contribution in [2.24, 2.45) is 0 Å². The lowest BCUT2D eigenvalue weighted by atomic mass is 10.1. The van der Waals surface area contributed by atoms with Gasteiger partial charge < -0.3 is 25.4 Å². The van der Waals surface area contributed by atoms with Gasteiger partial charge in [0.05, 0.1) is 13.7 Å². The smallest absolute Gasteiger partial charge is 0.319 e. The van der Waals surface area contributed by atoms with Gasteiger partial charge in [0.15, 0.2) is 17.3 Å². The van der Waals surface area contributed by atoms with E-state index >= 15 is 0 Å². The Morgan fingerprint density at radius 1 is 0.968 bits per heavy atom. The highest BCUT2D eigenvalue weighted by Gasteiger charge is 2.23. The molecule has 0 radical (unpaired) electrons. The zero-order valence-electron chi connectivity index (χ0n) is 17.7. The molecule has 31 heavy (non-hydrogen) atoms. The first-order valence-electron chi connectivity index (χ1n) is 10.2. The summed E-state index contributed by atoms with van der Waals surface area (Å²) < 4.78 is 10.9. The lowest BCUT2D eigenvalue weighted by Gasteiger charge is -2.12. The van der Waals surface area contributed by atoms with Gasteiger partial charge >= 0.3 is 6.03 Å². The summed E-state index contributed by atoms with van der Waals surface area (Å²) in [5.74, 6) is 0.833. The summed E-state index contributed by atoms with van der Waals surface area (Å²) in [5, 5.41) is 8.43. The molecule has 0 aliphatic heterocycles. The Morgan fingerprint density at radius 3 is 2.26 bits per heavy atom. The molecule has 164 valence electrons. The quantitative estimate of drug-likeness (QED) is 0.394. The second kappa shape index (κ2) is 10.5. The van der Waals surface area contributed by atoms with Crippen LogP contribution in [0.3, 0.4) is 0 Å². The van der Waals surface area contributed by atoms with Crippen molar-refractivity contribution < 1.29 is 23.9 Å². The van der Waals surface area contributed by atoms with Crippen molar-refractivity contribution in [3.05, 3.63) is 48.0 Å². The molecule has 1 aliphatic rings. The van der Waals surface area contributed by atoms with Gasteiger partial charge in [-0.3, -0.25) is 9.59 Å². The summed E-state index contributed by atoms with van der Waals surface area (Å²) in [7, 11) is 1.51. The number of rotatable bonds is 10. The predicted molar refractivity (Wildman–Crippen MR) is 118 cm³/mol. The maximum atomic E-state index is 12.1. The third-order valence-corrected chi connectivity index (χ3v) is 4.71. The van der Waals surface area contributed by atoms with Gasteiger partial charge in [0.2, 0.25) is 5.91 Å². The Hall–Kier alpha value is -3.55. The van der Waals surface area contributed by atoms with E-state index in [2.05, 4.69) is 16.0 Å². The lowest BCUT2D eigenvalue weighted by molar-refractivity contribution is -0.116. The predicted octanol–water partition coefficient (Wildman–Crippen LogP) is 3.98. The van der Waals surface area contributed by atoms with E-state index in [1.165, 1.54) is 14.0 Å². The number of hydrogen-bond donors (Lipinski definition) is 3. The van der Waals surface area contributed by atoms with Crippen LogP contribution in [0.2, 0.25) is 0 Å². The number of hydrogen-bond acceptors (Lipinski definition) is 5. The molecule has 3 N–H and O–H groups in total. The number of ketones is 1. The summed E-state index contributed by atoms with van der Waals surface area (Å²) in [6.07, 6.45) is 2.87. The van der Waals surface area contributed by atoms with Crippen LogP contribution < -0.4 is 25.4 Å². The number of carbonyl (C=O) groups is 3. The number of Topliss-reactive ketones (excluding diaryl/α,β-unsaturated/α-hetero) is 1. The minimum Gasteiger partial charge on any atom is -0.493 e. The van der Waals surface area contributed by atoms with Crippen LogP contribution in [0.5, 0.6) is 11.5 Å². The first-order valence-corrected chi connectivity index (χ1v) is 10.2. The van der Waals surface area contributed by atoms with Crippen LogP contribution in [-0.2, 0) is 4.79 Å². The molecule has 2 aromatic rings. The average molecular weight is 425 g/mol. The molecular formula is C23H27N3O5. The van der Waals surface area contributed by atoms with Crippen molar-refractivity contribution in [3.8, 4) is 11.5 Å². The van der Waals surface area contributed by atoms with Gasteiger partial charge in [-0.15, -0.1) is 0 Å². The van der Waals surface area contributed by atoms with E-state index < -0.39 is 0 Å². The minimum atomic E-state index is -0.216. The molecule has 0 spiro atoms. The van der Waals surface area contributed by atoms with Crippen LogP contribution in [0, 0.1) is 0 Å². The molecule has 0 saturated heterocycles. The first-order chi connectivity index (χ1) is 14.9. The highest BCUT2D eigenvalue weighted by molar-refractivity contribution is 5.94. The fourth-order valence-corrected chi connectivity index (χ4v) is 2.86. The van der Waals surface area contributed by atoms with Crippen LogP contribution in [0.1, 0.15) is 43.0 Å². The Bertz CT molecular complexity index is 939. The fraction of sp³-hybridized carbons (Fsp3) is 0.348. The van der Waals surface area contributed by atoms with Crippen molar-refractivity contribution in [2.45, 2.75) is 38.6 Å². The second-order valence-corrected chi connectivity index (χ2v) is 7.37. The highest BCUT2D eigenvalue weighted by Crippen LogP contribution is 2.28. The normalized spacial score (nSPS) is 12.6. The van der Waals surface area contributed by atoms with E-state index in [0.29, 0.717) is 47.5 Å². The second-order valence-electron chi connectivity index (χ2n) is 7.37. The van der Waals surface area contributed by atoms with Gasteiger partial charge in [0.25, 0.3) is 0 Å². The van der Waals surface area contributed by atoms with Crippen molar-refractivity contribution in [3.63, 3.8) is 0 Å². The fourth-order valence-electron chi connectivity index (χ4n) is 2.86. The molecule has 0 heterocycles. The summed E-state index contributed by atoms with van der Waals surface area (Å²) in [4.78, 5) is 35.3. The van der Waals surface area contributed by atoms with Crippen LogP contribution in [-0.4, -0.2) is 37.5 Å². The molecule has 0 unspecified atom stereocenters. The van der Waals surface area contributed by atoms with Gasteiger partial charge in [-0.1, -0.05) is 0 Å². The minimum absolute atomic E-state index is 0.0492. The van der Waals surface area contributed by atoms with Crippen LogP contribution >= 0.6 is 0 Å². The number of carbonyl (C=O) groups excluding carboxylic acids is 3. The van der Waals surface area contributed by atoms with Gasteiger partial charge in [0, 0.05) is 29.4 Å². The SMILES string of the molecule is COc1cc(C(C)=O)ccc1OCCCC(=O)Nc1ccc(NC(=O)NC2CC2)cc1. The van der Waals surface area contributed by atoms with E-state index in [0.717, 1.165) is 12.8 Å². The topological polar surface area (TPSA) is 106 Å². The van der Waals surface area contributed by atoms with Gasteiger partial charge in [-0.25, -0.2) is 4.79 Å². The Labute approximate surface area is 181 Å². The molecular weight excluding hydrogens is 398 g/mol. The van der Waals surface area contributed by atoms with Gasteiger partial charge in [-0.2, -0.15) is 0 Å². The molecule has 3 rings (SSSR count). The number of anilines is 2. The molecule has 0 bridgehead atoms.